The van der Waals surface area contributed by atoms with Gasteiger partial charge in [0.05, 0.1) is 18.6 Å². The van der Waals surface area contributed by atoms with Gasteiger partial charge in [0.1, 0.15) is 25.6 Å². The Morgan fingerprint density at radius 3 is 1.51 bits per heavy atom. The Bertz CT molecular complexity index is 1360. The first-order valence-corrected chi connectivity index (χ1v) is 18.5. The van der Waals surface area contributed by atoms with Gasteiger partial charge < -0.3 is 45.0 Å². The summed E-state index contributed by atoms with van der Waals surface area (Å²) in [6.07, 6.45) is 5.80. The Kier molecular flexibility index (Phi) is 22.5. The van der Waals surface area contributed by atoms with E-state index in [-0.39, 0.29) is 38.1 Å². The highest BCUT2D eigenvalue weighted by molar-refractivity contribution is 6.09. The molecule has 4 N–H and O–H groups in total. The van der Waals surface area contributed by atoms with Crippen molar-refractivity contribution in [3.05, 3.63) is 65.7 Å². The van der Waals surface area contributed by atoms with Crippen LogP contribution in [0.4, 0.5) is 14.4 Å². The number of ketones is 1. The van der Waals surface area contributed by atoms with Gasteiger partial charge in [0, 0.05) is 51.3 Å². The second-order valence-electron chi connectivity index (χ2n) is 12.7. The summed E-state index contributed by atoms with van der Waals surface area (Å²) in [6, 6.07) is 16.1. The average Bonchev–Trinajstić information content (AvgIpc) is 3.16. The van der Waals surface area contributed by atoms with Gasteiger partial charge in [0.15, 0.2) is 5.78 Å². The molecule has 0 radical (unpaired) electrons. The number of rotatable bonds is 27. The van der Waals surface area contributed by atoms with E-state index in [2.05, 4.69) is 21.3 Å². The summed E-state index contributed by atoms with van der Waals surface area (Å²) < 4.78 is 27.1. The lowest BCUT2D eigenvalue weighted by atomic mass is 9.88. The van der Waals surface area contributed by atoms with Crippen LogP contribution in [0.5, 0.6) is 5.75 Å². The number of carbonyl (C=O) groups excluding carboxylic acids is 5. The molecule has 0 aromatic heterocycles. The summed E-state index contributed by atoms with van der Waals surface area (Å²) in [4.78, 5) is 59.5. The molecule has 14 nitrogen and oxygen atoms in total. The Balaban J connectivity index is 1.50. The highest BCUT2D eigenvalue weighted by atomic mass is 16.6. The van der Waals surface area contributed by atoms with Gasteiger partial charge in [0.25, 0.3) is 0 Å². The average molecular weight is 743 g/mol. The standard InChI is InChI=1S/C39H58N4O10/c1-4-39(28-49-3,29-52-34-20-18-33(19-21-34)35(45)32-16-10-9-11-17-32)30-53-38(48)43-25-15-8-7-14-24-42-37(47)51-27-26-50-36(46)41-23-13-6-5-12-22-40-31(2)44/h9-11,16-21H,4-8,12-15,22-30H2,1-3H3,(H,40,44)(H,41,46)(H,42,47)(H,43,48). The molecule has 294 valence electrons. The molecule has 0 bridgehead atoms. The van der Waals surface area contributed by atoms with Crippen molar-refractivity contribution in [3.63, 3.8) is 0 Å². The van der Waals surface area contributed by atoms with Crippen LogP contribution in [0.25, 0.3) is 0 Å². The van der Waals surface area contributed by atoms with Crippen molar-refractivity contribution >= 4 is 30.0 Å². The van der Waals surface area contributed by atoms with E-state index in [1.54, 1.807) is 43.5 Å². The topological polar surface area (TPSA) is 180 Å². The smallest absolute Gasteiger partial charge is 0.407 e. The van der Waals surface area contributed by atoms with Crippen LogP contribution >= 0.6 is 0 Å². The molecule has 14 heteroatoms. The molecule has 0 saturated carbocycles. The fourth-order valence-corrected chi connectivity index (χ4v) is 5.12. The minimum absolute atomic E-state index is 0.0339. The molecule has 0 aliphatic rings. The third kappa shape index (κ3) is 20.1. The maximum absolute atomic E-state index is 12.7. The van der Waals surface area contributed by atoms with Crippen LogP contribution in [-0.4, -0.2) is 96.3 Å². The maximum atomic E-state index is 12.7. The van der Waals surface area contributed by atoms with Gasteiger partial charge in [-0.1, -0.05) is 62.9 Å². The summed E-state index contributed by atoms with van der Waals surface area (Å²) in [5.41, 5.74) is 0.629. The molecule has 0 aliphatic carbocycles. The van der Waals surface area contributed by atoms with Crippen LogP contribution in [0.2, 0.25) is 0 Å². The van der Waals surface area contributed by atoms with Crippen LogP contribution in [0.1, 0.15) is 87.6 Å². The van der Waals surface area contributed by atoms with Gasteiger partial charge in [0.2, 0.25) is 5.91 Å². The van der Waals surface area contributed by atoms with Crippen LogP contribution in [0.15, 0.2) is 54.6 Å². The second kappa shape index (κ2) is 26.9. The predicted octanol–water partition coefficient (Wildman–Crippen LogP) is 5.77. The first-order chi connectivity index (χ1) is 25.7. The number of alkyl carbamates (subject to hydrolysis) is 3. The fourth-order valence-electron chi connectivity index (χ4n) is 5.12. The minimum atomic E-state index is -0.576. The number of benzene rings is 2. The summed E-state index contributed by atoms with van der Waals surface area (Å²) in [5.74, 6) is 0.504. The van der Waals surface area contributed by atoms with E-state index in [0.29, 0.717) is 56.1 Å². The monoisotopic (exact) mass is 742 g/mol. The van der Waals surface area contributed by atoms with Crippen molar-refractivity contribution in [1.82, 2.24) is 21.3 Å². The van der Waals surface area contributed by atoms with E-state index in [0.717, 1.165) is 51.4 Å². The molecule has 0 heterocycles. The number of hydrogen-bond donors (Lipinski definition) is 4. The molecule has 2 aromatic rings. The van der Waals surface area contributed by atoms with Crippen molar-refractivity contribution in [2.45, 2.75) is 71.6 Å². The number of methoxy groups -OCH3 is 1. The molecular formula is C39H58N4O10. The third-order valence-corrected chi connectivity index (χ3v) is 8.35. The zero-order valence-electron chi connectivity index (χ0n) is 31.5. The molecule has 2 rings (SSSR count). The largest absolute Gasteiger partial charge is 0.493 e. The van der Waals surface area contributed by atoms with Gasteiger partial charge in [-0.05, 0) is 56.4 Å². The SMILES string of the molecule is CCC(COC)(COC(=O)NCCCCCCNC(=O)OCCOC(=O)NCCCCCCNC(C)=O)COc1ccc(C(=O)c2ccccc2)cc1. The van der Waals surface area contributed by atoms with Gasteiger partial charge in [-0.25, -0.2) is 14.4 Å². The van der Waals surface area contributed by atoms with E-state index < -0.39 is 23.7 Å². The lowest BCUT2D eigenvalue weighted by Gasteiger charge is -2.31. The molecule has 0 fully saturated rings. The van der Waals surface area contributed by atoms with Crippen molar-refractivity contribution < 1.29 is 47.7 Å². The zero-order valence-corrected chi connectivity index (χ0v) is 31.5. The number of ether oxygens (including phenoxy) is 5. The number of amides is 4. The maximum Gasteiger partial charge on any atom is 0.407 e. The molecule has 0 aliphatic heterocycles. The number of carbonyl (C=O) groups is 5. The van der Waals surface area contributed by atoms with Gasteiger partial charge in [-0.3, -0.25) is 9.59 Å². The normalized spacial score (nSPS) is 11.8. The minimum Gasteiger partial charge on any atom is -0.493 e. The number of unbranched alkanes of at least 4 members (excludes halogenated alkanes) is 6. The van der Waals surface area contributed by atoms with E-state index in [1.165, 1.54) is 6.92 Å². The Hall–Kier alpha value is -4.85. The first kappa shape index (κ1) is 44.3. The van der Waals surface area contributed by atoms with E-state index in [4.69, 9.17) is 23.7 Å². The zero-order chi connectivity index (χ0) is 38.6. The quantitative estimate of drug-likeness (QED) is 0.0499. The van der Waals surface area contributed by atoms with Gasteiger partial charge in [-0.2, -0.15) is 0 Å². The van der Waals surface area contributed by atoms with Crippen molar-refractivity contribution in [1.29, 1.82) is 0 Å². The summed E-state index contributed by atoms with van der Waals surface area (Å²) in [7, 11) is 1.59. The van der Waals surface area contributed by atoms with Crippen molar-refractivity contribution in [3.8, 4) is 5.75 Å². The Labute approximate surface area is 313 Å². The molecule has 1 atom stereocenters. The first-order valence-electron chi connectivity index (χ1n) is 18.5. The molecule has 0 spiro atoms. The number of nitrogens with one attached hydrogen (secondary N) is 4. The summed E-state index contributed by atoms with van der Waals surface area (Å²) in [5, 5.41) is 10.8. The van der Waals surface area contributed by atoms with Crippen molar-refractivity contribution in [2.75, 3.05) is 66.3 Å². The summed E-state index contributed by atoms with van der Waals surface area (Å²) >= 11 is 0. The molecule has 2 aromatic carbocycles. The Morgan fingerprint density at radius 2 is 1.04 bits per heavy atom. The molecule has 1 unspecified atom stereocenters. The molecule has 0 saturated heterocycles. The lowest BCUT2D eigenvalue weighted by Crippen LogP contribution is -2.40. The van der Waals surface area contributed by atoms with Gasteiger partial charge >= 0.3 is 18.3 Å². The predicted molar refractivity (Wildman–Crippen MR) is 200 cm³/mol. The van der Waals surface area contributed by atoms with Crippen molar-refractivity contribution in [2.24, 2.45) is 5.41 Å². The van der Waals surface area contributed by atoms with Gasteiger partial charge in [-0.15, -0.1) is 0 Å². The fraction of sp³-hybridized carbons (Fsp3) is 0.564. The molecule has 4 amide bonds. The van der Waals surface area contributed by atoms with Crippen LogP contribution in [0.3, 0.4) is 0 Å². The number of hydrogen-bond acceptors (Lipinski definition) is 10. The van der Waals surface area contributed by atoms with E-state index >= 15 is 0 Å². The highest BCUT2D eigenvalue weighted by Gasteiger charge is 2.32. The molecule has 53 heavy (non-hydrogen) atoms. The van der Waals surface area contributed by atoms with Crippen LogP contribution in [-0.2, 0) is 23.7 Å². The lowest BCUT2D eigenvalue weighted by molar-refractivity contribution is -0.118. The molecular weight excluding hydrogens is 684 g/mol. The van der Waals surface area contributed by atoms with E-state index in [9.17, 15) is 24.0 Å². The highest BCUT2D eigenvalue weighted by Crippen LogP contribution is 2.26. The van der Waals surface area contributed by atoms with E-state index in [1.807, 2.05) is 25.1 Å². The summed E-state index contributed by atoms with van der Waals surface area (Å²) in [6.45, 7) is 6.13. The van der Waals surface area contributed by atoms with Crippen LogP contribution in [0, 0.1) is 5.41 Å². The Morgan fingerprint density at radius 1 is 0.566 bits per heavy atom. The second-order valence-corrected chi connectivity index (χ2v) is 12.7. The van der Waals surface area contributed by atoms with Crippen LogP contribution < -0.4 is 26.0 Å². The third-order valence-electron chi connectivity index (χ3n) is 8.35.